The molecular weight excluding hydrogens is 256 g/mol. The minimum absolute atomic E-state index is 0.0232. The zero-order valence-corrected chi connectivity index (χ0v) is 11.8. The fourth-order valence-electron chi connectivity index (χ4n) is 2.35. The van der Waals surface area contributed by atoms with Crippen molar-refractivity contribution in [2.24, 2.45) is 0 Å². The van der Waals surface area contributed by atoms with E-state index in [0.29, 0.717) is 25.9 Å². The molecule has 20 heavy (non-hydrogen) atoms. The minimum Gasteiger partial charge on any atom is -0.388 e. The van der Waals surface area contributed by atoms with E-state index in [1.807, 2.05) is 12.1 Å². The van der Waals surface area contributed by atoms with Crippen LogP contribution in [-0.4, -0.2) is 40.5 Å². The van der Waals surface area contributed by atoms with Crippen molar-refractivity contribution >= 4 is 17.5 Å². The molecule has 0 aliphatic carbocycles. The molecule has 1 unspecified atom stereocenters. The van der Waals surface area contributed by atoms with Gasteiger partial charge in [-0.25, -0.2) is 0 Å². The molecule has 1 aliphatic heterocycles. The van der Waals surface area contributed by atoms with Gasteiger partial charge in [-0.3, -0.25) is 9.59 Å². The van der Waals surface area contributed by atoms with Gasteiger partial charge in [0.1, 0.15) is 0 Å². The molecular formula is C15H20N2O3. The summed E-state index contributed by atoms with van der Waals surface area (Å²) in [4.78, 5) is 24.7. The maximum absolute atomic E-state index is 12.1. The first kappa shape index (κ1) is 14.5. The van der Waals surface area contributed by atoms with E-state index in [0.717, 1.165) is 11.3 Å². The summed E-state index contributed by atoms with van der Waals surface area (Å²) in [5.41, 5.74) is 0.860. The first-order chi connectivity index (χ1) is 9.35. The van der Waals surface area contributed by atoms with Crippen molar-refractivity contribution in [3.05, 3.63) is 29.8 Å². The lowest BCUT2D eigenvalue weighted by atomic mass is 10.1. The number of likely N-dealkylation sites (tertiary alicyclic amines) is 1. The van der Waals surface area contributed by atoms with Gasteiger partial charge in [0.25, 0.3) is 0 Å². The highest BCUT2D eigenvalue weighted by Crippen LogP contribution is 2.21. The standard InChI is InChI=1S/C15H20N2O3/c1-11(18)16-13-5-3-12(4-6-13)9-14(19)17-8-7-15(2,20)10-17/h3-6,20H,7-10H2,1-2H3,(H,16,18). The molecule has 1 saturated heterocycles. The lowest BCUT2D eigenvalue weighted by Crippen LogP contribution is -2.34. The highest BCUT2D eigenvalue weighted by atomic mass is 16.3. The van der Waals surface area contributed by atoms with Crippen molar-refractivity contribution in [1.29, 1.82) is 0 Å². The molecule has 0 aromatic heterocycles. The largest absolute Gasteiger partial charge is 0.388 e. The molecule has 2 rings (SSSR count). The monoisotopic (exact) mass is 276 g/mol. The van der Waals surface area contributed by atoms with Crippen molar-refractivity contribution < 1.29 is 14.7 Å². The van der Waals surface area contributed by atoms with Crippen LogP contribution in [0.2, 0.25) is 0 Å². The number of anilines is 1. The predicted octanol–water partition coefficient (Wildman–Crippen LogP) is 1.17. The quantitative estimate of drug-likeness (QED) is 0.870. The molecule has 0 bridgehead atoms. The number of benzene rings is 1. The van der Waals surface area contributed by atoms with Crippen LogP contribution in [0, 0.1) is 0 Å². The highest BCUT2D eigenvalue weighted by Gasteiger charge is 2.33. The number of hydrogen-bond acceptors (Lipinski definition) is 3. The summed E-state index contributed by atoms with van der Waals surface area (Å²) in [6, 6.07) is 7.23. The number of rotatable bonds is 3. The molecule has 5 heteroatoms. The number of nitrogens with one attached hydrogen (secondary N) is 1. The number of hydrogen-bond donors (Lipinski definition) is 2. The molecule has 1 aromatic carbocycles. The summed E-state index contributed by atoms with van der Waals surface area (Å²) >= 11 is 0. The predicted molar refractivity (Wildman–Crippen MR) is 76.3 cm³/mol. The summed E-state index contributed by atoms with van der Waals surface area (Å²) in [5, 5.41) is 12.5. The van der Waals surface area contributed by atoms with Crippen molar-refractivity contribution in [3.63, 3.8) is 0 Å². The molecule has 2 amide bonds. The summed E-state index contributed by atoms with van der Waals surface area (Å²) in [5.74, 6) is -0.0943. The van der Waals surface area contributed by atoms with E-state index in [2.05, 4.69) is 5.32 Å². The van der Waals surface area contributed by atoms with E-state index >= 15 is 0 Å². The van der Waals surface area contributed by atoms with Crippen LogP contribution in [0.1, 0.15) is 25.8 Å². The van der Waals surface area contributed by atoms with E-state index in [9.17, 15) is 14.7 Å². The Hall–Kier alpha value is -1.88. The molecule has 0 spiro atoms. The molecule has 108 valence electrons. The van der Waals surface area contributed by atoms with Crippen LogP contribution >= 0.6 is 0 Å². The van der Waals surface area contributed by atoms with Crippen LogP contribution in [0.15, 0.2) is 24.3 Å². The van der Waals surface area contributed by atoms with Crippen molar-refractivity contribution in [2.75, 3.05) is 18.4 Å². The Bertz CT molecular complexity index is 508. The van der Waals surface area contributed by atoms with Gasteiger partial charge in [0.05, 0.1) is 12.0 Å². The first-order valence-electron chi connectivity index (χ1n) is 6.72. The topological polar surface area (TPSA) is 69.6 Å². The van der Waals surface area contributed by atoms with Gasteiger partial charge in [-0.1, -0.05) is 12.1 Å². The first-order valence-corrected chi connectivity index (χ1v) is 6.72. The van der Waals surface area contributed by atoms with Crippen molar-refractivity contribution in [3.8, 4) is 0 Å². The smallest absolute Gasteiger partial charge is 0.227 e. The normalized spacial score (nSPS) is 21.9. The Morgan fingerprint density at radius 2 is 2.00 bits per heavy atom. The van der Waals surface area contributed by atoms with Gasteiger partial charge in [-0.05, 0) is 31.0 Å². The van der Waals surface area contributed by atoms with E-state index in [1.54, 1.807) is 24.0 Å². The fraction of sp³-hybridized carbons (Fsp3) is 0.467. The van der Waals surface area contributed by atoms with Crippen molar-refractivity contribution in [1.82, 2.24) is 4.90 Å². The number of nitrogens with zero attached hydrogens (tertiary/aromatic N) is 1. The third-order valence-corrected chi connectivity index (χ3v) is 3.43. The van der Waals surface area contributed by atoms with Crippen LogP contribution in [0.4, 0.5) is 5.69 Å². The lowest BCUT2D eigenvalue weighted by molar-refractivity contribution is -0.130. The molecule has 1 heterocycles. The molecule has 1 fully saturated rings. The van der Waals surface area contributed by atoms with E-state index in [4.69, 9.17) is 0 Å². The summed E-state index contributed by atoms with van der Waals surface area (Å²) in [6.45, 7) is 4.21. The zero-order chi connectivity index (χ0) is 14.8. The van der Waals surface area contributed by atoms with Crippen LogP contribution in [0.3, 0.4) is 0 Å². The zero-order valence-electron chi connectivity index (χ0n) is 11.8. The third kappa shape index (κ3) is 3.81. The second-order valence-electron chi connectivity index (χ2n) is 5.62. The Kier molecular flexibility index (Phi) is 4.09. The molecule has 1 aromatic rings. The Morgan fingerprint density at radius 1 is 1.35 bits per heavy atom. The number of β-amino-alcohol motifs (C(OH)–C–C–N with tert-alkyl or cyclic N) is 1. The Balaban J connectivity index is 1.93. The average Bonchev–Trinajstić information content (AvgIpc) is 2.72. The third-order valence-electron chi connectivity index (χ3n) is 3.43. The lowest BCUT2D eigenvalue weighted by Gasteiger charge is -2.19. The van der Waals surface area contributed by atoms with Gasteiger partial charge in [0.2, 0.25) is 11.8 Å². The highest BCUT2D eigenvalue weighted by molar-refractivity contribution is 5.88. The number of amides is 2. The molecule has 5 nitrogen and oxygen atoms in total. The van der Waals surface area contributed by atoms with Crippen LogP contribution in [-0.2, 0) is 16.0 Å². The van der Waals surface area contributed by atoms with Gasteiger partial charge in [-0.15, -0.1) is 0 Å². The second kappa shape index (κ2) is 5.63. The SMILES string of the molecule is CC(=O)Nc1ccc(CC(=O)N2CCC(C)(O)C2)cc1. The number of aliphatic hydroxyl groups is 1. The molecule has 1 atom stereocenters. The second-order valence-corrected chi connectivity index (χ2v) is 5.62. The van der Waals surface area contributed by atoms with Gasteiger partial charge >= 0.3 is 0 Å². The fourth-order valence-corrected chi connectivity index (χ4v) is 2.35. The number of carbonyl (C=O) groups excluding carboxylic acids is 2. The minimum atomic E-state index is -0.759. The average molecular weight is 276 g/mol. The molecule has 0 radical (unpaired) electrons. The summed E-state index contributed by atoms with van der Waals surface area (Å²) < 4.78 is 0. The molecule has 1 aliphatic rings. The van der Waals surface area contributed by atoms with Gasteiger partial charge < -0.3 is 15.3 Å². The maximum Gasteiger partial charge on any atom is 0.227 e. The summed E-state index contributed by atoms with van der Waals surface area (Å²) in [7, 11) is 0. The molecule has 2 N–H and O–H groups in total. The molecule has 0 saturated carbocycles. The Morgan fingerprint density at radius 3 is 2.50 bits per heavy atom. The van der Waals surface area contributed by atoms with E-state index in [-0.39, 0.29) is 11.8 Å². The van der Waals surface area contributed by atoms with Gasteiger partial charge in [0.15, 0.2) is 0 Å². The maximum atomic E-state index is 12.1. The van der Waals surface area contributed by atoms with E-state index < -0.39 is 5.60 Å². The van der Waals surface area contributed by atoms with Crippen LogP contribution in [0.25, 0.3) is 0 Å². The number of carbonyl (C=O) groups is 2. The van der Waals surface area contributed by atoms with Crippen LogP contribution in [0.5, 0.6) is 0 Å². The Labute approximate surface area is 118 Å². The van der Waals surface area contributed by atoms with Gasteiger partial charge in [-0.2, -0.15) is 0 Å². The van der Waals surface area contributed by atoms with Crippen molar-refractivity contribution in [2.45, 2.75) is 32.3 Å². The summed E-state index contributed by atoms with van der Waals surface area (Å²) in [6.07, 6.45) is 0.941. The van der Waals surface area contributed by atoms with E-state index in [1.165, 1.54) is 6.92 Å². The van der Waals surface area contributed by atoms with Gasteiger partial charge in [0, 0.05) is 25.7 Å². The van der Waals surface area contributed by atoms with Crippen LogP contribution < -0.4 is 5.32 Å².